The van der Waals surface area contributed by atoms with E-state index in [4.69, 9.17) is 4.42 Å². The number of aryl methyl sites for hydroxylation is 2. The van der Waals surface area contributed by atoms with Gasteiger partial charge in [-0.3, -0.25) is 0 Å². The first-order valence-corrected chi connectivity index (χ1v) is 20.2. The Labute approximate surface area is 326 Å². The zero-order valence-corrected chi connectivity index (χ0v) is 36.2. The van der Waals surface area contributed by atoms with Gasteiger partial charge in [-0.25, -0.2) is 0 Å². The molecule has 1 aromatic carbocycles. The molecule has 288 valence electrons. The average molecular weight is 717 g/mol. The first kappa shape index (κ1) is 43.7. The van der Waals surface area contributed by atoms with E-state index in [-0.39, 0.29) is 28.4 Å². The molecule has 1 heterocycles. The molecule has 0 amide bonds. The van der Waals surface area contributed by atoms with E-state index in [0.29, 0.717) is 0 Å². The Balaban J connectivity index is 2.39. The number of benzene rings is 1. The fraction of sp³-hybridized carbons (Fsp3) is 0.510. The number of hydrogen-bond acceptors (Lipinski definition) is 3. The first-order valence-electron chi connectivity index (χ1n) is 20.2. The maximum Gasteiger partial charge on any atom is 0.242 e. The standard InChI is InChI=1S/C49H73BN2O/c1-17-21-22-23-29-50(41-34-53-45-44(41)48(13,14)27-28-49(45,15)16)40(33-51-38(19-3)25-24-26-46(8,9)10)43(30-35(5)6)52-42-32-39(47(11,12)20-4)37(18-2)31-36(42)7/h17,19,23-25,29-34,51-52H,1,5,18,20-22,26-28H2,2-4,6-16H3/b25-24-,29-23+,38-19+,40-33-,43-30+. The van der Waals surface area contributed by atoms with Gasteiger partial charge in [0.2, 0.25) is 6.71 Å². The third-order valence-electron chi connectivity index (χ3n) is 11.2. The summed E-state index contributed by atoms with van der Waals surface area (Å²) in [6, 6.07) is 4.79. The Morgan fingerprint density at radius 1 is 1.00 bits per heavy atom. The van der Waals surface area contributed by atoms with Gasteiger partial charge in [0, 0.05) is 22.5 Å². The molecule has 0 aliphatic heterocycles. The number of allylic oxidation sites excluding steroid dienone is 8. The van der Waals surface area contributed by atoms with Gasteiger partial charge >= 0.3 is 0 Å². The van der Waals surface area contributed by atoms with Gasteiger partial charge < -0.3 is 15.1 Å². The average Bonchev–Trinajstić information content (AvgIpc) is 3.54. The van der Waals surface area contributed by atoms with E-state index in [2.05, 4.69) is 182 Å². The summed E-state index contributed by atoms with van der Waals surface area (Å²) in [6.07, 6.45) is 24.6. The monoisotopic (exact) mass is 717 g/mol. The van der Waals surface area contributed by atoms with Crippen LogP contribution in [0.15, 0.2) is 107 Å². The van der Waals surface area contributed by atoms with Gasteiger partial charge in [-0.05, 0) is 140 Å². The molecule has 0 spiro atoms. The van der Waals surface area contributed by atoms with Gasteiger partial charge in [-0.2, -0.15) is 0 Å². The van der Waals surface area contributed by atoms with Crippen molar-refractivity contribution in [3.8, 4) is 0 Å². The molecule has 4 heteroatoms. The second kappa shape index (κ2) is 18.1. The van der Waals surface area contributed by atoms with Crippen LogP contribution in [0.5, 0.6) is 0 Å². The topological polar surface area (TPSA) is 37.2 Å². The maximum atomic E-state index is 6.64. The normalized spacial score (nSPS) is 16.6. The van der Waals surface area contributed by atoms with Gasteiger partial charge in [-0.1, -0.05) is 119 Å². The molecular weight excluding hydrogens is 643 g/mol. The quantitative estimate of drug-likeness (QED) is 0.0741. The summed E-state index contributed by atoms with van der Waals surface area (Å²) in [5.74, 6) is 3.51. The van der Waals surface area contributed by atoms with E-state index in [1.165, 1.54) is 27.7 Å². The van der Waals surface area contributed by atoms with Crippen LogP contribution in [0.3, 0.4) is 0 Å². The van der Waals surface area contributed by atoms with E-state index in [9.17, 15) is 0 Å². The van der Waals surface area contributed by atoms with Crippen LogP contribution in [-0.4, -0.2) is 6.71 Å². The van der Waals surface area contributed by atoms with Gasteiger partial charge in [0.05, 0.1) is 6.26 Å². The summed E-state index contributed by atoms with van der Waals surface area (Å²) >= 11 is 0. The van der Waals surface area contributed by atoms with E-state index in [1.807, 2.05) is 6.08 Å². The Morgan fingerprint density at radius 2 is 1.68 bits per heavy atom. The van der Waals surface area contributed by atoms with Crippen LogP contribution in [0.2, 0.25) is 0 Å². The predicted octanol–water partition coefficient (Wildman–Crippen LogP) is 13.4. The number of unbranched alkanes of at least 4 members (excludes halogenated alkanes) is 1. The van der Waals surface area contributed by atoms with Crippen molar-refractivity contribution in [3.05, 3.63) is 131 Å². The van der Waals surface area contributed by atoms with Crippen LogP contribution in [0, 0.1) is 12.3 Å². The SMILES string of the molecule is C=CCC/C=C/B(C(=C\NC(/C=C\CC(C)(C)C)=C/C)/C(=C\C(=C)C)Nc1cc(C(C)(C)CC)c(CC)cc1C)c1coc2c1C(C)(C)CCC2(C)C. The van der Waals surface area contributed by atoms with Crippen molar-refractivity contribution in [2.45, 2.75) is 158 Å². The smallest absolute Gasteiger partial charge is 0.242 e. The van der Waals surface area contributed by atoms with E-state index >= 15 is 0 Å². The lowest BCUT2D eigenvalue weighted by Gasteiger charge is -2.39. The molecule has 0 unspecified atom stereocenters. The van der Waals surface area contributed by atoms with Crippen molar-refractivity contribution >= 4 is 17.9 Å². The molecule has 0 radical (unpaired) electrons. The molecule has 0 fully saturated rings. The minimum atomic E-state index is -0.0930. The lowest BCUT2D eigenvalue weighted by molar-refractivity contribution is 0.278. The molecule has 3 rings (SSSR count). The minimum absolute atomic E-state index is 0.0258. The number of anilines is 1. The fourth-order valence-electron chi connectivity index (χ4n) is 7.34. The Hall–Kier alpha value is -3.66. The van der Waals surface area contributed by atoms with E-state index in [0.717, 1.165) is 78.8 Å². The summed E-state index contributed by atoms with van der Waals surface area (Å²) in [5, 5.41) is 7.76. The molecule has 0 saturated heterocycles. The summed E-state index contributed by atoms with van der Waals surface area (Å²) in [5.41, 5.74) is 12.2. The highest BCUT2D eigenvalue weighted by atomic mass is 16.3. The Kier molecular flexibility index (Phi) is 15.0. The zero-order valence-electron chi connectivity index (χ0n) is 36.2. The van der Waals surface area contributed by atoms with Gasteiger partial charge in [0.25, 0.3) is 0 Å². The van der Waals surface area contributed by atoms with E-state index < -0.39 is 0 Å². The number of nitrogens with one attached hydrogen (secondary N) is 2. The molecule has 2 aromatic rings. The van der Waals surface area contributed by atoms with Crippen molar-refractivity contribution < 1.29 is 4.42 Å². The third-order valence-corrected chi connectivity index (χ3v) is 11.2. The van der Waals surface area contributed by atoms with Crippen LogP contribution in [0.25, 0.3) is 0 Å². The van der Waals surface area contributed by atoms with Crippen molar-refractivity contribution in [1.82, 2.24) is 5.32 Å². The summed E-state index contributed by atoms with van der Waals surface area (Å²) in [4.78, 5) is 0. The van der Waals surface area contributed by atoms with Gasteiger partial charge in [-0.15, -0.1) is 12.6 Å². The second-order valence-electron chi connectivity index (χ2n) is 18.5. The predicted molar refractivity (Wildman–Crippen MR) is 237 cm³/mol. The fourth-order valence-corrected chi connectivity index (χ4v) is 7.34. The number of furan rings is 1. The number of hydrogen-bond donors (Lipinski definition) is 2. The van der Waals surface area contributed by atoms with Crippen LogP contribution >= 0.6 is 0 Å². The first-order chi connectivity index (χ1) is 24.7. The highest BCUT2D eigenvalue weighted by Gasteiger charge is 2.44. The molecule has 0 atom stereocenters. The highest BCUT2D eigenvalue weighted by Crippen LogP contribution is 2.46. The van der Waals surface area contributed by atoms with Crippen molar-refractivity contribution in [2.24, 2.45) is 5.41 Å². The summed E-state index contributed by atoms with van der Waals surface area (Å²) < 4.78 is 6.64. The Morgan fingerprint density at radius 3 is 2.26 bits per heavy atom. The Bertz CT molecular complexity index is 1740. The zero-order chi connectivity index (χ0) is 39.8. The van der Waals surface area contributed by atoms with Crippen molar-refractivity contribution in [2.75, 3.05) is 5.32 Å². The number of fused-ring (bicyclic) bond motifs is 1. The van der Waals surface area contributed by atoms with Crippen LogP contribution < -0.4 is 16.1 Å². The third kappa shape index (κ3) is 11.4. The van der Waals surface area contributed by atoms with Crippen molar-refractivity contribution in [3.63, 3.8) is 0 Å². The molecular formula is C49H73BN2O. The molecule has 0 bridgehead atoms. The lowest BCUT2D eigenvalue weighted by atomic mass is 9.37. The molecule has 1 aliphatic carbocycles. The largest absolute Gasteiger partial charge is 0.469 e. The molecule has 0 saturated carbocycles. The maximum absolute atomic E-state index is 6.64. The lowest BCUT2D eigenvalue weighted by Crippen LogP contribution is -2.42. The van der Waals surface area contributed by atoms with Gasteiger partial charge in [0.1, 0.15) is 5.76 Å². The molecule has 3 nitrogen and oxygen atoms in total. The van der Waals surface area contributed by atoms with Crippen LogP contribution in [0.4, 0.5) is 5.69 Å². The van der Waals surface area contributed by atoms with E-state index in [1.54, 1.807) is 0 Å². The van der Waals surface area contributed by atoms with Gasteiger partial charge in [0.15, 0.2) is 0 Å². The van der Waals surface area contributed by atoms with Crippen LogP contribution in [0.1, 0.15) is 157 Å². The number of rotatable bonds is 17. The van der Waals surface area contributed by atoms with Crippen LogP contribution in [-0.2, 0) is 22.7 Å². The summed E-state index contributed by atoms with van der Waals surface area (Å²) in [7, 11) is 0. The molecule has 53 heavy (non-hydrogen) atoms. The minimum Gasteiger partial charge on any atom is -0.469 e. The molecule has 1 aromatic heterocycles. The van der Waals surface area contributed by atoms with Crippen molar-refractivity contribution in [1.29, 1.82) is 0 Å². The highest BCUT2D eigenvalue weighted by molar-refractivity contribution is 6.85. The molecule has 2 N–H and O–H groups in total. The summed E-state index contributed by atoms with van der Waals surface area (Å²) in [6.45, 7) is 40.3. The molecule has 1 aliphatic rings. The second-order valence-corrected chi connectivity index (χ2v) is 18.5.